The second-order valence-corrected chi connectivity index (χ2v) is 7.53. The highest BCUT2D eigenvalue weighted by Gasteiger charge is 2.45. The lowest BCUT2D eigenvalue weighted by molar-refractivity contribution is -0.236. The second kappa shape index (κ2) is 11.0. The fourth-order valence-corrected chi connectivity index (χ4v) is 3.36. The number of hydrogen-bond donors (Lipinski definition) is 4. The van der Waals surface area contributed by atoms with Gasteiger partial charge in [-0.2, -0.15) is 0 Å². The number of nitrogens with zero attached hydrogens (tertiary/aromatic N) is 1. The van der Waals surface area contributed by atoms with Crippen molar-refractivity contribution >= 4 is 24.2 Å². The SMILES string of the molecule is CC(=O)Oc1ccccc1C=N[C@@H]1C(O)O[C@H](C(O)=Cc2ccccc2OC(C)=O)[C@@H](O)[C@@H]1O. The van der Waals surface area contributed by atoms with Crippen LogP contribution in [0.4, 0.5) is 0 Å². The van der Waals surface area contributed by atoms with Crippen LogP contribution in [0.2, 0.25) is 0 Å². The standard InChI is InChI=1S/C24H25NO9/c1-13(26)32-18-9-5-3-7-15(18)11-17(28)23-22(30)21(29)20(24(31)34-23)25-12-16-8-4-6-10-19(16)33-14(2)27/h3-12,20-24,28-31H,1-2H3/t20-,21+,22-,23+,24?/m0/s1. The summed E-state index contributed by atoms with van der Waals surface area (Å²) in [6.07, 6.45) is -3.94. The molecule has 1 fully saturated rings. The molecule has 0 radical (unpaired) electrons. The minimum Gasteiger partial charge on any atom is -0.509 e. The lowest BCUT2D eigenvalue weighted by Crippen LogP contribution is -2.57. The summed E-state index contributed by atoms with van der Waals surface area (Å²) in [5.41, 5.74) is 0.718. The van der Waals surface area contributed by atoms with Crippen molar-refractivity contribution in [2.75, 3.05) is 0 Å². The molecule has 3 rings (SSSR count). The van der Waals surface area contributed by atoms with E-state index in [2.05, 4.69) is 4.99 Å². The number of aliphatic hydroxyl groups excluding tert-OH is 4. The Labute approximate surface area is 195 Å². The average molecular weight is 471 g/mol. The number of esters is 2. The third kappa shape index (κ3) is 6.06. The fraction of sp³-hybridized carbons (Fsp3) is 0.292. The number of ether oxygens (including phenoxy) is 3. The van der Waals surface area contributed by atoms with Gasteiger partial charge in [0, 0.05) is 31.2 Å². The Morgan fingerprint density at radius 2 is 1.41 bits per heavy atom. The molecule has 0 spiro atoms. The number of benzene rings is 2. The van der Waals surface area contributed by atoms with Gasteiger partial charge in [-0.1, -0.05) is 30.3 Å². The Bertz CT molecular complexity index is 1100. The molecular weight excluding hydrogens is 446 g/mol. The van der Waals surface area contributed by atoms with Crippen molar-refractivity contribution in [1.29, 1.82) is 0 Å². The van der Waals surface area contributed by atoms with Crippen molar-refractivity contribution in [2.24, 2.45) is 4.99 Å². The Balaban J connectivity index is 1.79. The molecule has 0 aliphatic carbocycles. The van der Waals surface area contributed by atoms with E-state index in [4.69, 9.17) is 14.2 Å². The first kappa shape index (κ1) is 25.1. The number of para-hydroxylation sites is 2. The average Bonchev–Trinajstić information content (AvgIpc) is 2.77. The summed E-state index contributed by atoms with van der Waals surface area (Å²) in [5.74, 6) is -1.20. The first-order valence-electron chi connectivity index (χ1n) is 10.4. The van der Waals surface area contributed by atoms with E-state index in [1.165, 1.54) is 32.2 Å². The predicted molar refractivity (Wildman–Crippen MR) is 120 cm³/mol. The molecule has 0 aromatic heterocycles. The summed E-state index contributed by atoms with van der Waals surface area (Å²) in [7, 11) is 0. The maximum atomic E-state index is 11.3. The van der Waals surface area contributed by atoms with Gasteiger partial charge in [-0.05, 0) is 24.3 Å². The fourth-order valence-electron chi connectivity index (χ4n) is 3.36. The molecule has 2 aromatic carbocycles. The molecule has 0 saturated carbocycles. The summed E-state index contributed by atoms with van der Waals surface area (Å²) in [6.45, 7) is 2.48. The maximum absolute atomic E-state index is 11.3. The summed E-state index contributed by atoms with van der Waals surface area (Å²) in [6, 6.07) is 11.6. The number of carbonyl (C=O) groups is 2. The lowest BCUT2D eigenvalue weighted by atomic mass is 9.95. The largest absolute Gasteiger partial charge is 0.509 e. The molecule has 180 valence electrons. The smallest absolute Gasteiger partial charge is 0.308 e. The minimum absolute atomic E-state index is 0.168. The van der Waals surface area contributed by atoms with Crippen LogP contribution in [0.25, 0.3) is 6.08 Å². The molecule has 0 amide bonds. The summed E-state index contributed by atoms with van der Waals surface area (Å²) >= 11 is 0. The number of aliphatic hydroxyl groups is 4. The highest BCUT2D eigenvalue weighted by Crippen LogP contribution is 2.29. The van der Waals surface area contributed by atoms with E-state index < -0.39 is 48.3 Å². The molecule has 1 unspecified atom stereocenters. The predicted octanol–water partition coefficient (Wildman–Crippen LogP) is 1.36. The van der Waals surface area contributed by atoms with Crippen LogP contribution in [-0.4, -0.2) is 69.2 Å². The number of hydrogen-bond acceptors (Lipinski definition) is 10. The molecule has 1 aliphatic rings. The van der Waals surface area contributed by atoms with Crippen LogP contribution in [-0.2, 0) is 14.3 Å². The van der Waals surface area contributed by atoms with Gasteiger partial charge in [-0.25, -0.2) is 0 Å². The second-order valence-electron chi connectivity index (χ2n) is 7.53. The summed E-state index contributed by atoms with van der Waals surface area (Å²) < 4.78 is 15.5. The normalized spacial score (nSPS) is 25.2. The topological polar surface area (TPSA) is 155 Å². The van der Waals surface area contributed by atoms with Crippen LogP contribution < -0.4 is 9.47 Å². The Morgan fingerprint density at radius 3 is 2.00 bits per heavy atom. The number of carbonyl (C=O) groups excluding carboxylic acids is 2. The van der Waals surface area contributed by atoms with Crippen molar-refractivity contribution < 1.29 is 44.2 Å². The Kier molecular flexibility index (Phi) is 8.13. The highest BCUT2D eigenvalue weighted by atomic mass is 16.6. The zero-order valence-corrected chi connectivity index (χ0v) is 18.4. The molecule has 4 N–H and O–H groups in total. The van der Waals surface area contributed by atoms with Crippen molar-refractivity contribution in [3.8, 4) is 11.5 Å². The molecule has 5 atom stereocenters. The molecule has 1 aliphatic heterocycles. The van der Waals surface area contributed by atoms with E-state index in [0.717, 1.165) is 0 Å². The van der Waals surface area contributed by atoms with E-state index in [0.29, 0.717) is 11.1 Å². The molecule has 1 saturated heterocycles. The quantitative estimate of drug-likeness (QED) is 0.211. The van der Waals surface area contributed by atoms with Gasteiger partial charge in [0.1, 0.15) is 41.6 Å². The van der Waals surface area contributed by atoms with Crippen LogP contribution >= 0.6 is 0 Å². The zero-order valence-electron chi connectivity index (χ0n) is 18.4. The molecule has 2 aromatic rings. The van der Waals surface area contributed by atoms with E-state index in [1.807, 2.05) is 0 Å². The van der Waals surface area contributed by atoms with Gasteiger partial charge in [0.15, 0.2) is 6.29 Å². The van der Waals surface area contributed by atoms with Crippen molar-refractivity contribution in [3.63, 3.8) is 0 Å². The van der Waals surface area contributed by atoms with Crippen molar-refractivity contribution in [3.05, 3.63) is 65.4 Å². The molecule has 0 bridgehead atoms. The van der Waals surface area contributed by atoms with Crippen LogP contribution in [0.3, 0.4) is 0 Å². The Morgan fingerprint density at radius 1 is 0.882 bits per heavy atom. The first-order chi connectivity index (χ1) is 16.2. The van der Waals surface area contributed by atoms with E-state index in [1.54, 1.807) is 42.5 Å². The zero-order chi connectivity index (χ0) is 24.8. The van der Waals surface area contributed by atoms with Gasteiger partial charge in [-0.15, -0.1) is 0 Å². The maximum Gasteiger partial charge on any atom is 0.308 e. The van der Waals surface area contributed by atoms with Gasteiger partial charge in [0.2, 0.25) is 0 Å². The summed E-state index contributed by atoms with van der Waals surface area (Å²) in [4.78, 5) is 26.7. The van der Waals surface area contributed by atoms with Gasteiger partial charge >= 0.3 is 11.9 Å². The third-order valence-corrected chi connectivity index (χ3v) is 4.91. The molecule has 1 heterocycles. The van der Waals surface area contributed by atoms with Crippen molar-refractivity contribution in [2.45, 2.75) is 44.5 Å². The molecule has 10 heteroatoms. The Hall–Kier alpha value is -3.57. The monoisotopic (exact) mass is 471 g/mol. The number of aliphatic imine (C=N–C) groups is 1. The van der Waals surface area contributed by atoms with Crippen LogP contribution in [0.15, 0.2) is 59.3 Å². The van der Waals surface area contributed by atoms with E-state index >= 15 is 0 Å². The van der Waals surface area contributed by atoms with Gasteiger partial charge in [0.25, 0.3) is 0 Å². The third-order valence-electron chi connectivity index (χ3n) is 4.91. The summed E-state index contributed by atoms with van der Waals surface area (Å²) in [5, 5.41) is 42.0. The van der Waals surface area contributed by atoms with Crippen LogP contribution in [0.5, 0.6) is 11.5 Å². The van der Waals surface area contributed by atoms with Gasteiger partial charge in [-0.3, -0.25) is 14.6 Å². The van der Waals surface area contributed by atoms with Gasteiger partial charge in [0.05, 0.1) is 0 Å². The van der Waals surface area contributed by atoms with Crippen LogP contribution in [0.1, 0.15) is 25.0 Å². The number of rotatable bonds is 6. The van der Waals surface area contributed by atoms with Gasteiger partial charge < -0.3 is 34.6 Å². The lowest BCUT2D eigenvalue weighted by Gasteiger charge is -2.38. The van der Waals surface area contributed by atoms with E-state index in [9.17, 15) is 30.0 Å². The molecule has 34 heavy (non-hydrogen) atoms. The molecular formula is C24H25NO9. The highest BCUT2D eigenvalue weighted by molar-refractivity contribution is 5.85. The first-order valence-corrected chi connectivity index (χ1v) is 10.4. The van der Waals surface area contributed by atoms with E-state index in [-0.39, 0.29) is 11.5 Å². The van der Waals surface area contributed by atoms with Crippen molar-refractivity contribution in [1.82, 2.24) is 0 Å². The minimum atomic E-state index is -1.68. The molecule has 10 nitrogen and oxygen atoms in total. The van der Waals surface area contributed by atoms with Crippen LogP contribution in [0, 0.1) is 0 Å².